The number of pyridine rings is 1. The lowest BCUT2D eigenvalue weighted by molar-refractivity contribution is 0.822. The Balaban J connectivity index is 1.63. The van der Waals surface area contributed by atoms with Crippen molar-refractivity contribution in [2.45, 2.75) is 6.42 Å². The molecule has 4 heterocycles. The van der Waals surface area contributed by atoms with Gasteiger partial charge in [-0.15, -0.1) is 11.3 Å². The normalized spacial score (nSPS) is 10.7. The fourth-order valence-electron chi connectivity index (χ4n) is 2.71. The molecule has 0 spiro atoms. The van der Waals surface area contributed by atoms with Crippen LogP contribution in [0.25, 0.3) is 21.8 Å². The molecule has 0 amide bonds. The Labute approximate surface area is 161 Å². The first-order valence-electron chi connectivity index (χ1n) is 8.59. The first-order chi connectivity index (χ1) is 13.3. The average Bonchev–Trinajstić information content (AvgIpc) is 3.28. The SMILES string of the molecule is CN(CCc1ccccn1)c1ncc(-c2cnccn2)c(-c2cccs2)n1. The third-order valence-corrected chi connectivity index (χ3v) is 5.02. The van der Waals surface area contributed by atoms with Crippen LogP contribution < -0.4 is 4.90 Å². The standard InChI is InChI=1S/C20H18N6S/c1-26(11-7-15-5-2-3-8-22-15)20-24-13-16(17-14-21-9-10-23-17)19(25-20)18-6-4-12-27-18/h2-6,8-10,12-14H,7,11H2,1H3. The monoisotopic (exact) mass is 374 g/mol. The topological polar surface area (TPSA) is 67.7 Å². The van der Waals surface area contributed by atoms with E-state index in [1.165, 1.54) is 0 Å². The molecule has 134 valence electrons. The molecule has 27 heavy (non-hydrogen) atoms. The second kappa shape index (κ2) is 8.01. The predicted octanol–water partition coefficient (Wildman–Crippen LogP) is 3.74. The van der Waals surface area contributed by atoms with E-state index in [9.17, 15) is 0 Å². The molecule has 4 rings (SSSR count). The molecule has 0 radical (unpaired) electrons. The molecule has 0 bridgehead atoms. The van der Waals surface area contributed by atoms with E-state index in [4.69, 9.17) is 4.98 Å². The van der Waals surface area contributed by atoms with Crippen molar-refractivity contribution >= 4 is 17.3 Å². The molecule has 0 saturated heterocycles. The van der Waals surface area contributed by atoms with E-state index >= 15 is 0 Å². The number of anilines is 1. The molecule has 0 aliphatic heterocycles. The van der Waals surface area contributed by atoms with Crippen LogP contribution in [0, 0.1) is 0 Å². The van der Waals surface area contributed by atoms with Gasteiger partial charge in [-0.3, -0.25) is 15.0 Å². The molecule has 0 saturated carbocycles. The average molecular weight is 374 g/mol. The lowest BCUT2D eigenvalue weighted by atomic mass is 10.1. The molecule has 4 aromatic heterocycles. The van der Waals surface area contributed by atoms with Gasteiger partial charge in [0.05, 0.1) is 22.5 Å². The van der Waals surface area contributed by atoms with E-state index in [0.717, 1.165) is 40.5 Å². The lowest BCUT2D eigenvalue weighted by Crippen LogP contribution is -2.23. The van der Waals surface area contributed by atoms with Gasteiger partial charge in [0, 0.05) is 56.1 Å². The third kappa shape index (κ3) is 3.98. The summed E-state index contributed by atoms with van der Waals surface area (Å²) in [5.74, 6) is 0.682. The number of hydrogen-bond donors (Lipinski definition) is 0. The maximum absolute atomic E-state index is 4.84. The summed E-state index contributed by atoms with van der Waals surface area (Å²) in [6.07, 6.45) is 9.56. The minimum absolute atomic E-state index is 0.682. The molecular formula is C20H18N6S. The van der Waals surface area contributed by atoms with Gasteiger partial charge in [0.1, 0.15) is 0 Å². The Morgan fingerprint density at radius 2 is 1.93 bits per heavy atom. The van der Waals surface area contributed by atoms with Gasteiger partial charge in [-0.05, 0) is 23.6 Å². The minimum Gasteiger partial charge on any atom is -0.343 e. The highest BCUT2D eigenvalue weighted by atomic mass is 32.1. The Bertz CT molecular complexity index is 990. The summed E-state index contributed by atoms with van der Waals surface area (Å²) in [4.78, 5) is 25.5. The van der Waals surface area contributed by atoms with Gasteiger partial charge in [-0.25, -0.2) is 9.97 Å². The van der Waals surface area contributed by atoms with Crippen molar-refractivity contribution < 1.29 is 0 Å². The van der Waals surface area contributed by atoms with E-state index in [1.807, 2.05) is 54.0 Å². The molecule has 4 aromatic rings. The van der Waals surface area contributed by atoms with Crippen LogP contribution in [0.15, 0.2) is 66.7 Å². The van der Waals surface area contributed by atoms with Crippen molar-refractivity contribution in [2.24, 2.45) is 0 Å². The maximum Gasteiger partial charge on any atom is 0.225 e. The van der Waals surface area contributed by atoms with Crippen molar-refractivity contribution in [1.82, 2.24) is 24.9 Å². The Morgan fingerprint density at radius 3 is 2.67 bits per heavy atom. The van der Waals surface area contributed by atoms with Crippen LogP contribution in [-0.4, -0.2) is 38.5 Å². The molecule has 6 nitrogen and oxygen atoms in total. The van der Waals surface area contributed by atoms with Crippen LogP contribution in [-0.2, 0) is 6.42 Å². The van der Waals surface area contributed by atoms with Crippen LogP contribution in [0.1, 0.15) is 5.69 Å². The largest absolute Gasteiger partial charge is 0.343 e. The second-order valence-corrected chi connectivity index (χ2v) is 6.94. The fraction of sp³-hybridized carbons (Fsp3) is 0.150. The van der Waals surface area contributed by atoms with Gasteiger partial charge >= 0.3 is 0 Å². The van der Waals surface area contributed by atoms with Crippen LogP contribution >= 0.6 is 11.3 Å². The predicted molar refractivity (Wildman–Crippen MR) is 108 cm³/mol. The first-order valence-corrected chi connectivity index (χ1v) is 9.47. The molecule has 0 aliphatic carbocycles. The van der Waals surface area contributed by atoms with Gasteiger partial charge in [-0.1, -0.05) is 12.1 Å². The summed E-state index contributed by atoms with van der Waals surface area (Å²) < 4.78 is 0. The molecule has 0 atom stereocenters. The third-order valence-electron chi connectivity index (χ3n) is 4.14. The lowest BCUT2D eigenvalue weighted by Gasteiger charge is -2.18. The zero-order valence-electron chi connectivity index (χ0n) is 14.9. The van der Waals surface area contributed by atoms with Gasteiger partial charge in [0.2, 0.25) is 5.95 Å². The highest BCUT2D eigenvalue weighted by Gasteiger charge is 2.15. The Hall–Kier alpha value is -3.19. The van der Waals surface area contributed by atoms with Crippen LogP contribution in [0.5, 0.6) is 0 Å². The van der Waals surface area contributed by atoms with Crippen LogP contribution in [0.4, 0.5) is 5.95 Å². The number of likely N-dealkylation sites (N-methyl/N-ethyl adjacent to an activating group) is 1. The number of rotatable bonds is 6. The molecule has 0 N–H and O–H groups in total. The van der Waals surface area contributed by atoms with E-state index in [-0.39, 0.29) is 0 Å². The van der Waals surface area contributed by atoms with Crippen molar-refractivity contribution in [3.63, 3.8) is 0 Å². The van der Waals surface area contributed by atoms with Crippen molar-refractivity contribution in [2.75, 3.05) is 18.5 Å². The van der Waals surface area contributed by atoms with Crippen LogP contribution in [0.2, 0.25) is 0 Å². The maximum atomic E-state index is 4.84. The molecule has 0 aliphatic rings. The van der Waals surface area contributed by atoms with Crippen molar-refractivity contribution in [3.8, 4) is 21.8 Å². The smallest absolute Gasteiger partial charge is 0.225 e. The number of thiophene rings is 1. The summed E-state index contributed by atoms with van der Waals surface area (Å²) in [5, 5.41) is 2.04. The van der Waals surface area contributed by atoms with Crippen LogP contribution in [0.3, 0.4) is 0 Å². The summed E-state index contributed by atoms with van der Waals surface area (Å²) in [5.41, 5.74) is 3.58. The zero-order valence-corrected chi connectivity index (χ0v) is 15.7. The fourth-order valence-corrected chi connectivity index (χ4v) is 3.44. The van der Waals surface area contributed by atoms with E-state index in [0.29, 0.717) is 5.95 Å². The van der Waals surface area contributed by atoms with Crippen molar-refractivity contribution in [1.29, 1.82) is 0 Å². The van der Waals surface area contributed by atoms with Gasteiger partial charge < -0.3 is 4.90 Å². The highest BCUT2D eigenvalue weighted by Crippen LogP contribution is 2.32. The molecule has 0 unspecified atom stereocenters. The minimum atomic E-state index is 0.682. The van der Waals surface area contributed by atoms with E-state index in [1.54, 1.807) is 29.9 Å². The summed E-state index contributed by atoms with van der Waals surface area (Å²) in [6.45, 7) is 0.783. The molecule has 0 fully saturated rings. The quantitative estimate of drug-likeness (QED) is 0.512. The molecule has 0 aromatic carbocycles. The molecular weight excluding hydrogens is 356 g/mol. The highest BCUT2D eigenvalue weighted by molar-refractivity contribution is 7.13. The van der Waals surface area contributed by atoms with E-state index < -0.39 is 0 Å². The summed E-state index contributed by atoms with van der Waals surface area (Å²) >= 11 is 1.65. The van der Waals surface area contributed by atoms with E-state index in [2.05, 4.69) is 26.0 Å². The van der Waals surface area contributed by atoms with Gasteiger partial charge in [0.25, 0.3) is 0 Å². The summed E-state index contributed by atoms with van der Waals surface area (Å²) in [7, 11) is 2.00. The molecule has 7 heteroatoms. The Morgan fingerprint density at radius 1 is 0.963 bits per heavy atom. The summed E-state index contributed by atoms with van der Waals surface area (Å²) in [6, 6.07) is 10.0. The van der Waals surface area contributed by atoms with Crippen molar-refractivity contribution in [3.05, 3.63) is 72.4 Å². The zero-order chi connectivity index (χ0) is 18.5. The number of hydrogen-bond acceptors (Lipinski definition) is 7. The second-order valence-electron chi connectivity index (χ2n) is 5.99. The van der Waals surface area contributed by atoms with Gasteiger partial charge in [0.15, 0.2) is 0 Å². The first kappa shape index (κ1) is 17.2. The Kier molecular flexibility index (Phi) is 5.11. The van der Waals surface area contributed by atoms with Gasteiger partial charge in [-0.2, -0.15) is 0 Å². The number of aromatic nitrogens is 5. The number of nitrogens with zero attached hydrogens (tertiary/aromatic N) is 6.